The Balaban J connectivity index is 3.27. The second kappa shape index (κ2) is 3.74. The van der Waals surface area contributed by atoms with E-state index in [2.05, 4.69) is 12.1 Å². The average Bonchev–Trinajstić information content (AvgIpc) is 2.14. The minimum absolute atomic E-state index is 0.415. The van der Waals surface area contributed by atoms with Gasteiger partial charge in [0.05, 0.1) is 24.1 Å². The molecular formula is C11H10N2. The SMILES string of the molecule is Cc1c(C#N)ccc(CC#N)c1C. The van der Waals surface area contributed by atoms with E-state index in [-0.39, 0.29) is 0 Å². The van der Waals surface area contributed by atoms with Crippen molar-refractivity contribution in [3.63, 3.8) is 0 Å². The summed E-state index contributed by atoms with van der Waals surface area (Å²) in [5, 5.41) is 17.3. The summed E-state index contributed by atoms with van der Waals surface area (Å²) in [5.74, 6) is 0. The Morgan fingerprint density at radius 3 is 2.38 bits per heavy atom. The summed E-state index contributed by atoms with van der Waals surface area (Å²) < 4.78 is 0. The van der Waals surface area contributed by atoms with E-state index in [0.717, 1.165) is 16.7 Å². The van der Waals surface area contributed by atoms with Crippen LogP contribution in [0.25, 0.3) is 0 Å². The third kappa shape index (κ3) is 1.68. The molecule has 1 aromatic carbocycles. The van der Waals surface area contributed by atoms with Crippen molar-refractivity contribution in [1.82, 2.24) is 0 Å². The summed E-state index contributed by atoms with van der Waals surface area (Å²) in [6.07, 6.45) is 0.415. The van der Waals surface area contributed by atoms with E-state index in [9.17, 15) is 0 Å². The van der Waals surface area contributed by atoms with Crippen LogP contribution in [0, 0.1) is 36.5 Å². The molecule has 0 aliphatic carbocycles. The highest BCUT2D eigenvalue weighted by Crippen LogP contribution is 2.17. The van der Waals surface area contributed by atoms with E-state index >= 15 is 0 Å². The molecule has 0 spiro atoms. The first kappa shape index (κ1) is 9.29. The maximum atomic E-state index is 8.75. The maximum absolute atomic E-state index is 8.75. The predicted molar refractivity (Wildman–Crippen MR) is 49.9 cm³/mol. The van der Waals surface area contributed by atoms with E-state index in [1.165, 1.54) is 0 Å². The molecule has 0 N–H and O–H groups in total. The van der Waals surface area contributed by atoms with E-state index in [0.29, 0.717) is 12.0 Å². The molecule has 64 valence electrons. The summed E-state index contributed by atoms with van der Waals surface area (Å²) in [7, 11) is 0. The van der Waals surface area contributed by atoms with Gasteiger partial charge < -0.3 is 0 Å². The molecular weight excluding hydrogens is 160 g/mol. The quantitative estimate of drug-likeness (QED) is 0.648. The van der Waals surface area contributed by atoms with Crippen LogP contribution in [-0.2, 0) is 6.42 Å². The predicted octanol–water partition coefficient (Wildman–Crippen LogP) is 2.24. The number of nitriles is 2. The van der Waals surface area contributed by atoms with E-state index < -0.39 is 0 Å². The van der Waals surface area contributed by atoms with Crippen molar-refractivity contribution in [1.29, 1.82) is 10.5 Å². The molecule has 1 aromatic rings. The summed E-state index contributed by atoms with van der Waals surface area (Å²) in [6.45, 7) is 3.86. The average molecular weight is 170 g/mol. The van der Waals surface area contributed by atoms with Crippen molar-refractivity contribution in [3.8, 4) is 12.1 Å². The number of hydrogen-bond donors (Lipinski definition) is 0. The highest BCUT2D eigenvalue weighted by molar-refractivity contribution is 5.46. The van der Waals surface area contributed by atoms with Crippen molar-refractivity contribution in [2.75, 3.05) is 0 Å². The molecule has 0 bridgehead atoms. The second-order valence-electron chi connectivity index (χ2n) is 2.97. The molecule has 0 saturated carbocycles. The van der Waals surface area contributed by atoms with E-state index in [1.54, 1.807) is 6.07 Å². The van der Waals surface area contributed by atoms with Gasteiger partial charge in [-0.1, -0.05) is 6.07 Å². The van der Waals surface area contributed by atoms with Crippen LogP contribution in [0.1, 0.15) is 22.3 Å². The molecule has 0 heterocycles. The van der Waals surface area contributed by atoms with Crippen LogP contribution >= 0.6 is 0 Å². The van der Waals surface area contributed by atoms with Gasteiger partial charge in [-0.15, -0.1) is 0 Å². The lowest BCUT2D eigenvalue weighted by Gasteiger charge is -2.06. The van der Waals surface area contributed by atoms with Crippen LogP contribution in [0.3, 0.4) is 0 Å². The first-order valence-electron chi connectivity index (χ1n) is 4.07. The minimum atomic E-state index is 0.415. The summed E-state index contributed by atoms with van der Waals surface area (Å²) in [4.78, 5) is 0. The zero-order valence-electron chi connectivity index (χ0n) is 7.76. The zero-order valence-corrected chi connectivity index (χ0v) is 7.76. The smallest absolute Gasteiger partial charge is 0.0994 e. The molecule has 0 aliphatic heterocycles. The monoisotopic (exact) mass is 170 g/mol. The fraction of sp³-hybridized carbons (Fsp3) is 0.273. The summed E-state index contributed by atoms with van der Waals surface area (Å²) >= 11 is 0. The lowest BCUT2D eigenvalue weighted by Crippen LogP contribution is -1.93. The van der Waals surface area contributed by atoms with Gasteiger partial charge in [-0.3, -0.25) is 0 Å². The molecule has 1 rings (SSSR count). The van der Waals surface area contributed by atoms with Crippen LogP contribution in [-0.4, -0.2) is 0 Å². The standard InChI is InChI=1S/C11H10N2/c1-8-9(2)11(7-13)4-3-10(8)5-6-12/h3-4H,5H2,1-2H3. The summed E-state index contributed by atoms with van der Waals surface area (Å²) in [5.41, 5.74) is 3.74. The largest absolute Gasteiger partial charge is 0.198 e. The zero-order chi connectivity index (χ0) is 9.84. The Kier molecular flexibility index (Phi) is 2.67. The highest BCUT2D eigenvalue weighted by Gasteiger charge is 2.04. The van der Waals surface area contributed by atoms with Gasteiger partial charge in [-0.2, -0.15) is 10.5 Å². The Morgan fingerprint density at radius 1 is 1.15 bits per heavy atom. The van der Waals surface area contributed by atoms with Crippen LogP contribution in [0.5, 0.6) is 0 Å². The van der Waals surface area contributed by atoms with Crippen LogP contribution in [0.4, 0.5) is 0 Å². The molecule has 0 aromatic heterocycles. The minimum Gasteiger partial charge on any atom is -0.198 e. The van der Waals surface area contributed by atoms with Gasteiger partial charge in [0.15, 0.2) is 0 Å². The third-order valence-corrected chi connectivity index (χ3v) is 2.29. The lowest BCUT2D eigenvalue weighted by atomic mass is 9.97. The molecule has 0 fully saturated rings. The van der Waals surface area contributed by atoms with E-state index in [4.69, 9.17) is 10.5 Å². The lowest BCUT2D eigenvalue weighted by molar-refractivity contribution is 1.17. The van der Waals surface area contributed by atoms with Crippen molar-refractivity contribution >= 4 is 0 Å². The first-order valence-corrected chi connectivity index (χ1v) is 4.07. The topological polar surface area (TPSA) is 47.6 Å². The summed E-state index contributed by atoms with van der Waals surface area (Å²) in [6, 6.07) is 7.85. The Hall–Kier alpha value is -1.80. The Morgan fingerprint density at radius 2 is 1.85 bits per heavy atom. The van der Waals surface area contributed by atoms with Gasteiger partial charge in [0, 0.05) is 0 Å². The van der Waals surface area contributed by atoms with Gasteiger partial charge >= 0.3 is 0 Å². The van der Waals surface area contributed by atoms with Crippen molar-refractivity contribution < 1.29 is 0 Å². The van der Waals surface area contributed by atoms with Crippen molar-refractivity contribution in [3.05, 3.63) is 34.4 Å². The first-order chi connectivity index (χ1) is 6.20. The number of nitrogens with zero attached hydrogens (tertiary/aromatic N) is 2. The molecule has 2 nitrogen and oxygen atoms in total. The normalized spacial score (nSPS) is 8.92. The number of benzene rings is 1. The molecule has 0 unspecified atom stereocenters. The van der Waals surface area contributed by atoms with Gasteiger partial charge in [0.25, 0.3) is 0 Å². The van der Waals surface area contributed by atoms with Crippen LogP contribution < -0.4 is 0 Å². The fourth-order valence-electron chi connectivity index (χ4n) is 1.27. The van der Waals surface area contributed by atoms with Gasteiger partial charge in [-0.25, -0.2) is 0 Å². The molecule has 0 amide bonds. The van der Waals surface area contributed by atoms with Gasteiger partial charge in [0.1, 0.15) is 0 Å². The van der Waals surface area contributed by atoms with Crippen molar-refractivity contribution in [2.24, 2.45) is 0 Å². The van der Waals surface area contributed by atoms with Gasteiger partial charge in [-0.05, 0) is 36.6 Å². The maximum Gasteiger partial charge on any atom is 0.0994 e. The fourth-order valence-corrected chi connectivity index (χ4v) is 1.27. The van der Waals surface area contributed by atoms with Crippen LogP contribution in [0.15, 0.2) is 12.1 Å². The highest BCUT2D eigenvalue weighted by atomic mass is 14.3. The Bertz CT molecular complexity index is 405. The number of rotatable bonds is 1. The third-order valence-electron chi connectivity index (χ3n) is 2.29. The molecule has 0 atom stereocenters. The molecule has 0 radical (unpaired) electrons. The van der Waals surface area contributed by atoms with Crippen LogP contribution in [0.2, 0.25) is 0 Å². The second-order valence-corrected chi connectivity index (χ2v) is 2.97. The molecule has 0 saturated heterocycles. The molecule has 13 heavy (non-hydrogen) atoms. The molecule has 2 heteroatoms. The van der Waals surface area contributed by atoms with E-state index in [1.807, 2.05) is 19.9 Å². The molecule has 0 aliphatic rings. The van der Waals surface area contributed by atoms with Gasteiger partial charge in [0.2, 0.25) is 0 Å². The number of hydrogen-bond acceptors (Lipinski definition) is 2. The Labute approximate surface area is 78.0 Å². The van der Waals surface area contributed by atoms with Crippen molar-refractivity contribution in [2.45, 2.75) is 20.3 Å².